The Hall–Kier alpha value is -1.82. The molecule has 1 N–H and O–H groups in total. The molecule has 3 rings (SSSR count). The third-order valence-corrected chi connectivity index (χ3v) is 4.86. The smallest absolute Gasteiger partial charge is 0.317 e. The summed E-state index contributed by atoms with van der Waals surface area (Å²) < 4.78 is 0. The number of carbonyl (C=O) groups is 1. The van der Waals surface area contributed by atoms with Crippen LogP contribution in [0.4, 0.5) is 10.5 Å². The first-order chi connectivity index (χ1) is 11.2. The molecule has 23 heavy (non-hydrogen) atoms. The van der Waals surface area contributed by atoms with E-state index in [2.05, 4.69) is 27.1 Å². The first-order valence-electron chi connectivity index (χ1n) is 8.58. The second kappa shape index (κ2) is 7.64. The summed E-state index contributed by atoms with van der Waals surface area (Å²) in [5.74, 6) is 0.593. The number of amides is 2. The van der Waals surface area contributed by atoms with Crippen molar-refractivity contribution in [3.05, 3.63) is 24.5 Å². The summed E-state index contributed by atoms with van der Waals surface area (Å²) in [5.41, 5.74) is 1.19. The van der Waals surface area contributed by atoms with E-state index in [4.69, 9.17) is 0 Å². The number of urea groups is 1. The van der Waals surface area contributed by atoms with Crippen LogP contribution in [0.1, 0.15) is 12.8 Å². The van der Waals surface area contributed by atoms with Gasteiger partial charge in [-0.2, -0.15) is 0 Å². The SMILES string of the molecule is CN1CCC[C@@H](CNC(=O)N2CCN(c3ccncc3)CC2)C1. The first-order valence-corrected chi connectivity index (χ1v) is 8.58. The fraction of sp³-hybridized carbons (Fsp3) is 0.647. The Morgan fingerprint density at radius 3 is 2.65 bits per heavy atom. The normalized spacial score (nSPS) is 22.9. The second-order valence-corrected chi connectivity index (χ2v) is 6.64. The molecule has 2 amide bonds. The summed E-state index contributed by atoms with van der Waals surface area (Å²) in [6, 6.07) is 4.14. The van der Waals surface area contributed by atoms with E-state index in [0.717, 1.165) is 39.3 Å². The van der Waals surface area contributed by atoms with Crippen molar-refractivity contribution in [2.45, 2.75) is 12.8 Å². The number of nitrogens with zero attached hydrogens (tertiary/aromatic N) is 4. The fourth-order valence-corrected chi connectivity index (χ4v) is 3.51. The molecule has 3 heterocycles. The molecule has 2 fully saturated rings. The molecule has 126 valence electrons. The van der Waals surface area contributed by atoms with Gasteiger partial charge in [0.1, 0.15) is 0 Å². The van der Waals surface area contributed by atoms with Crippen LogP contribution in [0.3, 0.4) is 0 Å². The van der Waals surface area contributed by atoms with Gasteiger partial charge in [-0.1, -0.05) is 0 Å². The molecular weight excluding hydrogens is 290 g/mol. The quantitative estimate of drug-likeness (QED) is 0.912. The maximum Gasteiger partial charge on any atom is 0.317 e. The van der Waals surface area contributed by atoms with Crippen LogP contribution in [-0.4, -0.2) is 73.7 Å². The van der Waals surface area contributed by atoms with Crippen molar-refractivity contribution in [3.8, 4) is 0 Å². The monoisotopic (exact) mass is 317 g/mol. The number of aromatic nitrogens is 1. The van der Waals surface area contributed by atoms with Gasteiger partial charge in [-0.25, -0.2) is 4.79 Å². The lowest BCUT2D eigenvalue weighted by Gasteiger charge is -2.36. The predicted molar refractivity (Wildman–Crippen MR) is 91.6 cm³/mol. The molecule has 1 atom stereocenters. The Kier molecular flexibility index (Phi) is 5.33. The number of hydrogen-bond donors (Lipinski definition) is 1. The molecule has 6 heteroatoms. The van der Waals surface area contributed by atoms with Crippen LogP contribution in [0, 0.1) is 5.92 Å². The van der Waals surface area contributed by atoms with Crippen LogP contribution in [0.25, 0.3) is 0 Å². The highest BCUT2D eigenvalue weighted by Crippen LogP contribution is 2.16. The molecule has 0 aliphatic carbocycles. The van der Waals surface area contributed by atoms with Gasteiger partial charge in [0.25, 0.3) is 0 Å². The number of pyridine rings is 1. The van der Waals surface area contributed by atoms with E-state index in [1.54, 1.807) is 0 Å². The number of rotatable bonds is 3. The van der Waals surface area contributed by atoms with E-state index in [9.17, 15) is 4.79 Å². The lowest BCUT2D eigenvalue weighted by atomic mass is 9.99. The van der Waals surface area contributed by atoms with Crippen molar-refractivity contribution in [1.29, 1.82) is 0 Å². The van der Waals surface area contributed by atoms with Gasteiger partial charge in [-0.05, 0) is 44.5 Å². The maximum absolute atomic E-state index is 12.3. The van der Waals surface area contributed by atoms with Gasteiger partial charge < -0.3 is 20.0 Å². The average Bonchev–Trinajstić information content (AvgIpc) is 2.61. The molecule has 0 bridgehead atoms. The molecule has 0 saturated carbocycles. The fourth-order valence-electron chi connectivity index (χ4n) is 3.51. The zero-order valence-electron chi connectivity index (χ0n) is 13.9. The molecule has 2 aliphatic rings. The van der Waals surface area contributed by atoms with Crippen molar-refractivity contribution >= 4 is 11.7 Å². The van der Waals surface area contributed by atoms with E-state index in [1.165, 1.54) is 25.1 Å². The van der Waals surface area contributed by atoms with Gasteiger partial charge in [0.15, 0.2) is 0 Å². The van der Waals surface area contributed by atoms with Gasteiger partial charge >= 0.3 is 6.03 Å². The molecule has 1 aromatic rings. The maximum atomic E-state index is 12.3. The van der Waals surface area contributed by atoms with Gasteiger partial charge in [-0.15, -0.1) is 0 Å². The van der Waals surface area contributed by atoms with Crippen molar-refractivity contribution in [3.63, 3.8) is 0 Å². The van der Waals surface area contributed by atoms with E-state index in [-0.39, 0.29) is 6.03 Å². The van der Waals surface area contributed by atoms with Crippen LogP contribution >= 0.6 is 0 Å². The van der Waals surface area contributed by atoms with E-state index in [0.29, 0.717) is 5.92 Å². The summed E-state index contributed by atoms with van der Waals surface area (Å²) in [6.45, 7) is 6.38. The number of likely N-dealkylation sites (tertiary alicyclic amines) is 1. The van der Waals surface area contributed by atoms with Crippen LogP contribution < -0.4 is 10.2 Å². The van der Waals surface area contributed by atoms with E-state index >= 15 is 0 Å². The minimum Gasteiger partial charge on any atom is -0.368 e. The number of hydrogen-bond acceptors (Lipinski definition) is 4. The third kappa shape index (κ3) is 4.34. The molecule has 0 unspecified atom stereocenters. The van der Waals surface area contributed by atoms with Crippen LogP contribution in [0.5, 0.6) is 0 Å². The molecule has 0 radical (unpaired) electrons. The standard InChI is InChI=1S/C17H27N5O/c1-20-8-2-3-15(14-20)13-19-17(23)22-11-9-21(10-12-22)16-4-6-18-7-5-16/h4-7,15H,2-3,8-14H2,1H3,(H,19,23)/t15-/m0/s1. The molecule has 6 nitrogen and oxygen atoms in total. The van der Waals surface area contributed by atoms with Gasteiger partial charge in [0, 0.05) is 57.3 Å². The number of piperidine rings is 1. The van der Waals surface area contributed by atoms with Crippen molar-refractivity contribution < 1.29 is 4.79 Å². The molecular formula is C17H27N5O. The summed E-state index contributed by atoms with van der Waals surface area (Å²) in [7, 11) is 2.16. The Balaban J connectivity index is 1.41. The zero-order chi connectivity index (χ0) is 16.1. The Morgan fingerprint density at radius 1 is 1.22 bits per heavy atom. The van der Waals surface area contributed by atoms with Crippen molar-refractivity contribution in [2.75, 3.05) is 57.8 Å². The van der Waals surface area contributed by atoms with Gasteiger partial charge in [0.05, 0.1) is 0 Å². The zero-order valence-corrected chi connectivity index (χ0v) is 13.9. The van der Waals surface area contributed by atoms with Crippen molar-refractivity contribution in [2.24, 2.45) is 5.92 Å². The summed E-state index contributed by atoms with van der Waals surface area (Å²) >= 11 is 0. The van der Waals surface area contributed by atoms with Crippen LogP contribution in [0.2, 0.25) is 0 Å². The van der Waals surface area contributed by atoms with E-state index < -0.39 is 0 Å². The predicted octanol–water partition coefficient (Wildman–Crippen LogP) is 1.25. The number of nitrogens with one attached hydrogen (secondary N) is 1. The molecule has 0 aromatic carbocycles. The third-order valence-electron chi connectivity index (χ3n) is 4.86. The van der Waals surface area contributed by atoms with Crippen molar-refractivity contribution in [1.82, 2.24) is 20.1 Å². The highest BCUT2D eigenvalue weighted by atomic mass is 16.2. The first kappa shape index (κ1) is 16.1. The Bertz CT molecular complexity index is 501. The molecule has 2 saturated heterocycles. The molecule has 1 aromatic heterocycles. The summed E-state index contributed by atoms with van der Waals surface area (Å²) in [4.78, 5) is 23.0. The minimum absolute atomic E-state index is 0.0904. The lowest BCUT2D eigenvalue weighted by Crippen LogP contribution is -2.52. The van der Waals surface area contributed by atoms with Crippen LogP contribution in [0.15, 0.2) is 24.5 Å². The number of anilines is 1. The Labute approximate surface area is 138 Å². The van der Waals surface area contributed by atoms with Crippen LogP contribution in [-0.2, 0) is 0 Å². The summed E-state index contributed by atoms with van der Waals surface area (Å²) in [6.07, 6.45) is 6.09. The van der Waals surface area contributed by atoms with E-state index in [1.807, 2.05) is 29.4 Å². The van der Waals surface area contributed by atoms with Gasteiger partial charge in [0.2, 0.25) is 0 Å². The Morgan fingerprint density at radius 2 is 1.96 bits per heavy atom. The summed E-state index contributed by atoms with van der Waals surface area (Å²) in [5, 5.41) is 3.13. The minimum atomic E-state index is 0.0904. The van der Waals surface area contributed by atoms with Gasteiger partial charge in [-0.3, -0.25) is 4.98 Å². The highest BCUT2D eigenvalue weighted by molar-refractivity contribution is 5.74. The lowest BCUT2D eigenvalue weighted by molar-refractivity contribution is 0.180. The highest BCUT2D eigenvalue weighted by Gasteiger charge is 2.23. The topological polar surface area (TPSA) is 51.7 Å². The largest absolute Gasteiger partial charge is 0.368 e. The second-order valence-electron chi connectivity index (χ2n) is 6.64. The molecule has 0 spiro atoms. The number of carbonyl (C=O) groups excluding carboxylic acids is 1. The molecule has 2 aliphatic heterocycles. The number of piperazine rings is 1. The average molecular weight is 317 g/mol.